The number of nitrogens with zero attached hydrogens (tertiary/aromatic N) is 1. The van der Waals surface area contributed by atoms with E-state index in [1.807, 2.05) is 37.4 Å². The van der Waals surface area contributed by atoms with Crippen molar-refractivity contribution in [3.05, 3.63) is 35.9 Å². The van der Waals surface area contributed by atoms with Gasteiger partial charge in [-0.05, 0) is 32.5 Å². The summed E-state index contributed by atoms with van der Waals surface area (Å²) < 4.78 is 0. The molecular weight excluding hydrogens is 262 g/mol. The number of hydrogen-bond acceptors (Lipinski definition) is 3. The van der Waals surface area contributed by atoms with Crippen LogP contribution in [0, 0.1) is 0 Å². The van der Waals surface area contributed by atoms with Crippen LogP contribution in [-0.4, -0.2) is 37.5 Å². The van der Waals surface area contributed by atoms with Gasteiger partial charge >= 0.3 is 0 Å². The van der Waals surface area contributed by atoms with Crippen molar-refractivity contribution in [2.75, 3.05) is 20.6 Å². The lowest BCUT2D eigenvalue weighted by Crippen LogP contribution is -2.58. The second-order valence-corrected chi connectivity index (χ2v) is 6.09. The van der Waals surface area contributed by atoms with E-state index in [4.69, 9.17) is 5.73 Å². The van der Waals surface area contributed by atoms with Crippen molar-refractivity contribution in [1.29, 1.82) is 0 Å². The summed E-state index contributed by atoms with van der Waals surface area (Å²) in [5.41, 5.74) is 5.87. The third-order valence-corrected chi connectivity index (χ3v) is 4.80. The van der Waals surface area contributed by atoms with Gasteiger partial charge in [-0.2, -0.15) is 0 Å². The van der Waals surface area contributed by atoms with Crippen LogP contribution in [0.2, 0.25) is 0 Å². The summed E-state index contributed by atoms with van der Waals surface area (Å²) in [5, 5.41) is 3.19. The zero-order valence-electron chi connectivity index (χ0n) is 13.1. The molecule has 2 rings (SSSR count). The molecule has 0 radical (unpaired) electrons. The molecule has 4 heteroatoms. The van der Waals surface area contributed by atoms with E-state index >= 15 is 0 Å². The standard InChI is InChI=1S/C17H27N3O/c1-19-17(16(18)21,14-9-5-3-6-10-14)13-20(2)15-11-7-4-8-12-15/h3,5-6,9-10,15,19H,4,7-8,11-13H2,1-2H3,(H2,18,21). The predicted octanol–water partition coefficient (Wildman–Crippen LogP) is 1.85. The first-order valence-electron chi connectivity index (χ1n) is 7.85. The predicted molar refractivity (Wildman–Crippen MR) is 85.9 cm³/mol. The molecule has 1 fully saturated rings. The summed E-state index contributed by atoms with van der Waals surface area (Å²) in [4.78, 5) is 14.5. The lowest BCUT2D eigenvalue weighted by Gasteiger charge is -2.39. The third kappa shape index (κ3) is 3.44. The van der Waals surface area contributed by atoms with E-state index in [9.17, 15) is 4.79 Å². The highest BCUT2D eigenvalue weighted by molar-refractivity contribution is 5.86. The molecule has 1 aliphatic rings. The Labute approximate surface area is 127 Å². The number of primary amides is 1. The Bertz CT molecular complexity index is 456. The monoisotopic (exact) mass is 289 g/mol. The molecule has 1 aromatic rings. The van der Waals surface area contributed by atoms with Crippen molar-refractivity contribution in [2.45, 2.75) is 43.7 Å². The second kappa shape index (κ2) is 7.05. The molecule has 0 aromatic heterocycles. The van der Waals surface area contributed by atoms with Gasteiger partial charge in [0.2, 0.25) is 5.91 Å². The Hall–Kier alpha value is -1.39. The van der Waals surface area contributed by atoms with Gasteiger partial charge in [-0.25, -0.2) is 0 Å². The van der Waals surface area contributed by atoms with Gasteiger partial charge in [0.25, 0.3) is 0 Å². The normalized spacial score (nSPS) is 19.4. The molecule has 1 amide bonds. The van der Waals surface area contributed by atoms with Crippen molar-refractivity contribution < 1.29 is 4.79 Å². The molecule has 0 aliphatic heterocycles. The Balaban J connectivity index is 2.22. The number of benzene rings is 1. The maximum absolute atomic E-state index is 12.2. The number of nitrogens with two attached hydrogens (primary N) is 1. The number of nitrogens with one attached hydrogen (secondary N) is 1. The molecule has 0 heterocycles. The maximum Gasteiger partial charge on any atom is 0.243 e. The highest BCUT2D eigenvalue weighted by atomic mass is 16.1. The molecule has 1 aliphatic carbocycles. The molecule has 1 saturated carbocycles. The number of carbonyl (C=O) groups excluding carboxylic acids is 1. The molecule has 0 bridgehead atoms. The third-order valence-electron chi connectivity index (χ3n) is 4.80. The summed E-state index contributed by atoms with van der Waals surface area (Å²) >= 11 is 0. The van der Waals surface area contributed by atoms with E-state index in [1.54, 1.807) is 0 Å². The van der Waals surface area contributed by atoms with Crippen molar-refractivity contribution in [3.8, 4) is 0 Å². The van der Waals surface area contributed by atoms with Crippen molar-refractivity contribution in [2.24, 2.45) is 5.73 Å². The Morgan fingerprint density at radius 2 is 1.90 bits per heavy atom. The highest BCUT2D eigenvalue weighted by Crippen LogP contribution is 2.27. The van der Waals surface area contributed by atoms with Gasteiger partial charge in [0.1, 0.15) is 5.54 Å². The number of hydrogen-bond donors (Lipinski definition) is 2. The minimum Gasteiger partial charge on any atom is -0.368 e. The van der Waals surface area contributed by atoms with Gasteiger partial charge in [-0.3, -0.25) is 4.79 Å². The molecule has 0 saturated heterocycles. The van der Waals surface area contributed by atoms with Crippen LogP contribution >= 0.6 is 0 Å². The number of amides is 1. The summed E-state index contributed by atoms with van der Waals surface area (Å²) in [7, 11) is 3.92. The SMILES string of the molecule is CNC(CN(C)C1CCCCC1)(C(N)=O)c1ccccc1. The lowest BCUT2D eigenvalue weighted by atomic mass is 9.86. The van der Waals surface area contributed by atoms with Gasteiger partial charge < -0.3 is 16.0 Å². The van der Waals surface area contributed by atoms with Crippen LogP contribution in [0.1, 0.15) is 37.7 Å². The topological polar surface area (TPSA) is 58.4 Å². The number of likely N-dealkylation sites (N-methyl/N-ethyl adjacent to an activating group) is 2. The van der Waals surface area contributed by atoms with E-state index in [1.165, 1.54) is 32.1 Å². The van der Waals surface area contributed by atoms with Crippen LogP contribution in [0.15, 0.2) is 30.3 Å². The number of carbonyl (C=O) groups is 1. The molecule has 21 heavy (non-hydrogen) atoms. The highest BCUT2D eigenvalue weighted by Gasteiger charge is 2.39. The summed E-state index contributed by atoms with van der Waals surface area (Å²) in [6, 6.07) is 10.3. The molecule has 1 unspecified atom stereocenters. The Morgan fingerprint density at radius 3 is 2.43 bits per heavy atom. The van der Waals surface area contributed by atoms with Crippen LogP contribution in [0.5, 0.6) is 0 Å². The lowest BCUT2D eigenvalue weighted by molar-refractivity contribution is -0.125. The van der Waals surface area contributed by atoms with Crippen molar-refractivity contribution in [3.63, 3.8) is 0 Å². The molecule has 4 nitrogen and oxygen atoms in total. The van der Waals surface area contributed by atoms with E-state index in [0.717, 1.165) is 5.56 Å². The van der Waals surface area contributed by atoms with Crippen LogP contribution in [0.4, 0.5) is 0 Å². The minimum absolute atomic E-state index is 0.321. The molecule has 0 spiro atoms. The first kappa shape index (κ1) is 16.0. The van der Waals surface area contributed by atoms with Crippen LogP contribution < -0.4 is 11.1 Å². The van der Waals surface area contributed by atoms with Crippen molar-refractivity contribution >= 4 is 5.91 Å². The maximum atomic E-state index is 12.2. The minimum atomic E-state index is -0.826. The van der Waals surface area contributed by atoms with E-state index in [0.29, 0.717) is 12.6 Å². The van der Waals surface area contributed by atoms with Gasteiger partial charge in [0, 0.05) is 12.6 Å². The average molecular weight is 289 g/mol. The summed E-state index contributed by atoms with van der Waals surface area (Å²) in [5.74, 6) is -0.321. The van der Waals surface area contributed by atoms with Gasteiger partial charge in [-0.15, -0.1) is 0 Å². The summed E-state index contributed by atoms with van der Waals surface area (Å²) in [6.45, 7) is 0.605. The molecule has 1 atom stereocenters. The molecule has 116 valence electrons. The largest absolute Gasteiger partial charge is 0.368 e. The van der Waals surface area contributed by atoms with E-state index in [2.05, 4.69) is 17.3 Å². The fraction of sp³-hybridized carbons (Fsp3) is 0.588. The molecular formula is C17H27N3O. The second-order valence-electron chi connectivity index (χ2n) is 6.09. The van der Waals surface area contributed by atoms with E-state index in [-0.39, 0.29) is 5.91 Å². The van der Waals surface area contributed by atoms with Crippen LogP contribution in [0.25, 0.3) is 0 Å². The Morgan fingerprint density at radius 1 is 1.29 bits per heavy atom. The zero-order chi connectivity index (χ0) is 15.3. The zero-order valence-corrected chi connectivity index (χ0v) is 13.1. The number of rotatable bonds is 6. The van der Waals surface area contributed by atoms with Crippen LogP contribution in [-0.2, 0) is 10.3 Å². The Kier molecular flexibility index (Phi) is 5.37. The quantitative estimate of drug-likeness (QED) is 0.840. The van der Waals surface area contributed by atoms with Gasteiger partial charge in [0.05, 0.1) is 0 Å². The fourth-order valence-electron chi connectivity index (χ4n) is 3.41. The van der Waals surface area contributed by atoms with Gasteiger partial charge in [-0.1, -0.05) is 49.6 Å². The summed E-state index contributed by atoms with van der Waals surface area (Å²) in [6.07, 6.45) is 6.32. The fourth-order valence-corrected chi connectivity index (χ4v) is 3.41. The van der Waals surface area contributed by atoms with E-state index < -0.39 is 5.54 Å². The first-order valence-corrected chi connectivity index (χ1v) is 7.85. The van der Waals surface area contributed by atoms with Crippen LogP contribution in [0.3, 0.4) is 0 Å². The van der Waals surface area contributed by atoms with Crippen molar-refractivity contribution in [1.82, 2.24) is 10.2 Å². The molecule has 3 N–H and O–H groups in total. The smallest absolute Gasteiger partial charge is 0.243 e. The van der Waals surface area contributed by atoms with Gasteiger partial charge in [0.15, 0.2) is 0 Å². The first-order chi connectivity index (χ1) is 10.1. The molecule has 1 aromatic carbocycles. The average Bonchev–Trinajstić information content (AvgIpc) is 2.54.